The van der Waals surface area contributed by atoms with E-state index in [1.165, 1.54) is 5.56 Å². The molecule has 1 fully saturated rings. The van der Waals surface area contributed by atoms with Crippen molar-refractivity contribution in [3.8, 4) is 0 Å². The van der Waals surface area contributed by atoms with Crippen LogP contribution >= 0.6 is 0 Å². The number of hydrogen-bond acceptors (Lipinski definition) is 4. The van der Waals surface area contributed by atoms with E-state index in [0.29, 0.717) is 5.56 Å². The Labute approximate surface area is 163 Å². The number of benzene rings is 2. The predicted octanol–water partition coefficient (Wildman–Crippen LogP) is 2.43. The summed E-state index contributed by atoms with van der Waals surface area (Å²) in [5, 5.41) is 5.41. The zero-order valence-electron chi connectivity index (χ0n) is 15.7. The zero-order chi connectivity index (χ0) is 18.9. The molecule has 3 heterocycles. The molecule has 0 atom stereocenters. The smallest absolute Gasteiger partial charge is 0.272 e. The molecular weight excluding hydrogens is 350 g/mol. The Kier molecular flexibility index (Phi) is 4.43. The van der Waals surface area contributed by atoms with Crippen LogP contribution in [0.3, 0.4) is 0 Å². The van der Waals surface area contributed by atoms with Crippen molar-refractivity contribution in [1.29, 1.82) is 0 Å². The lowest BCUT2D eigenvalue weighted by atomic mass is 10.0. The summed E-state index contributed by atoms with van der Waals surface area (Å²) in [6, 6.07) is 16.4. The van der Waals surface area contributed by atoms with Crippen LogP contribution in [0.25, 0.3) is 10.9 Å². The fourth-order valence-corrected chi connectivity index (χ4v) is 4.12. The minimum Gasteiger partial charge on any atom is -0.360 e. The van der Waals surface area contributed by atoms with Crippen LogP contribution in [0.5, 0.6) is 0 Å². The van der Waals surface area contributed by atoms with Crippen LogP contribution in [0, 0.1) is 0 Å². The molecule has 2 aliphatic rings. The number of aromatic nitrogens is 1. The van der Waals surface area contributed by atoms with Crippen molar-refractivity contribution in [3.05, 3.63) is 71.4 Å². The largest absolute Gasteiger partial charge is 0.360 e. The molecule has 0 spiro atoms. The minimum atomic E-state index is -0.144. The van der Waals surface area contributed by atoms with Gasteiger partial charge in [-0.2, -0.15) is 5.10 Å². The first kappa shape index (κ1) is 17.2. The molecule has 0 radical (unpaired) electrons. The second-order valence-corrected chi connectivity index (χ2v) is 7.47. The van der Waals surface area contributed by atoms with Crippen molar-refractivity contribution in [2.45, 2.75) is 6.54 Å². The first-order valence-electron chi connectivity index (χ1n) is 9.74. The standard InChI is InChI=1S/C22H23N5O/c28-22-17-7-4-8-19-21(17)18(13-23-19)20(24-25-22)15-27-11-9-26(10-12-27)14-16-5-2-1-3-6-16/h1-8,13,23H,9-12,14-15H2,(H,25,28). The van der Waals surface area contributed by atoms with Gasteiger partial charge in [0.05, 0.1) is 11.3 Å². The molecule has 1 saturated heterocycles. The summed E-state index contributed by atoms with van der Waals surface area (Å²) < 4.78 is 0. The lowest BCUT2D eigenvalue weighted by molar-refractivity contribution is 0.0956. The van der Waals surface area contributed by atoms with Crippen LogP contribution < -0.4 is 5.43 Å². The summed E-state index contributed by atoms with van der Waals surface area (Å²) in [6.45, 7) is 5.80. The summed E-state index contributed by atoms with van der Waals surface area (Å²) in [5.41, 5.74) is 7.67. The topological polar surface area (TPSA) is 63.7 Å². The third-order valence-electron chi connectivity index (χ3n) is 5.64. The van der Waals surface area contributed by atoms with E-state index in [9.17, 15) is 4.79 Å². The molecule has 28 heavy (non-hydrogen) atoms. The van der Waals surface area contributed by atoms with Gasteiger partial charge in [-0.15, -0.1) is 0 Å². The van der Waals surface area contributed by atoms with Crippen LogP contribution in [0.4, 0.5) is 0 Å². The number of H-pyrrole nitrogens is 1. The maximum atomic E-state index is 12.4. The van der Waals surface area contributed by atoms with E-state index in [1.54, 1.807) is 0 Å². The van der Waals surface area contributed by atoms with Crippen molar-refractivity contribution in [3.63, 3.8) is 0 Å². The van der Waals surface area contributed by atoms with E-state index in [4.69, 9.17) is 0 Å². The van der Waals surface area contributed by atoms with Crippen molar-refractivity contribution in [2.75, 3.05) is 32.7 Å². The molecule has 2 aliphatic heterocycles. The van der Waals surface area contributed by atoms with E-state index in [0.717, 1.165) is 61.4 Å². The van der Waals surface area contributed by atoms with E-state index >= 15 is 0 Å². The zero-order valence-corrected chi connectivity index (χ0v) is 15.7. The molecule has 6 heteroatoms. The van der Waals surface area contributed by atoms with Crippen LogP contribution in [0.15, 0.2) is 59.8 Å². The number of hydrazone groups is 1. The Morgan fingerprint density at radius 3 is 2.39 bits per heavy atom. The Morgan fingerprint density at radius 2 is 1.61 bits per heavy atom. The molecule has 0 aliphatic carbocycles. The number of nitrogens with zero attached hydrogens (tertiary/aromatic N) is 3. The van der Waals surface area contributed by atoms with Gasteiger partial charge < -0.3 is 4.98 Å². The molecule has 0 unspecified atom stereocenters. The van der Waals surface area contributed by atoms with Crippen molar-refractivity contribution < 1.29 is 4.79 Å². The average molecular weight is 373 g/mol. The quantitative estimate of drug-likeness (QED) is 0.738. The van der Waals surface area contributed by atoms with Crippen LogP contribution in [0.2, 0.25) is 0 Å². The summed E-state index contributed by atoms with van der Waals surface area (Å²) in [5.74, 6) is -0.144. The van der Waals surface area contributed by atoms with Gasteiger partial charge in [-0.3, -0.25) is 14.6 Å². The number of rotatable bonds is 4. The number of amides is 1. The molecule has 2 N–H and O–H groups in total. The van der Waals surface area contributed by atoms with Crippen LogP contribution in [-0.4, -0.2) is 59.1 Å². The van der Waals surface area contributed by atoms with Gasteiger partial charge in [0.25, 0.3) is 5.91 Å². The summed E-state index contributed by atoms with van der Waals surface area (Å²) >= 11 is 0. The lowest BCUT2D eigenvalue weighted by Gasteiger charge is -2.34. The molecule has 0 bridgehead atoms. The first-order chi connectivity index (χ1) is 13.8. The maximum absolute atomic E-state index is 12.4. The number of hydrogen-bond donors (Lipinski definition) is 2. The molecule has 2 aromatic carbocycles. The number of nitrogens with one attached hydrogen (secondary N) is 2. The molecule has 1 aromatic heterocycles. The highest BCUT2D eigenvalue weighted by Gasteiger charge is 2.24. The van der Waals surface area contributed by atoms with Gasteiger partial charge in [0, 0.05) is 61.9 Å². The molecule has 5 rings (SSSR count). The molecule has 1 amide bonds. The molecule has 6 nitrogen and oxygen atoms in total. The lowest BCUT2D eigenvalue weighted by Crippen LogP contribution is -2.47. The average Bonchev–Trinajstić information content (AvgIpc) is 3.11. The van der Waals surface area contributed by atoms with E-state index in [1.807, 2.05) is 24.4 Å². The van der Waals surface area contributed by atoms with Gasteiger partial charge in [0.15, 0.2) is 0 Å². The number of aromatic amines is 1. The van der Waals surface area contributed by atoms with Crippen LogP contribution in [-0.2, 0) is 6.54 Å². The Bertz CT molecular complexity index is 1030. The summed E-state index contributed by atoms with van der Waals surface area (Å²) in [4.78, 5) is 20.6. The van der Waals surface area contributed by atoms with E-state index in [-0.39, 0.29) is 5.91 Å². The Morgan fingerprint density at radius 1 is 0.857 bits per heavy atom. The Hall–Kier alpha value is -2.96. The molecule has 3 aromatic rings. The highest BCUT2D eigenvalue weighted by atomic mass is 16.2. The predicted molar refractivity (Wildman–Crippen MR) is 110 cm³/mol. The SMILES string of the molecule is O=C1NN=C(CN2CCN(Cc3ccccc3)CC2)c2c[nH]c3cccc1c23. The van der Waals surface area contributed by atoms with Gasteiger partial charge >= 0.3 is 0 Å². The molecule has 142 valence electrons. The van der Waals surface area contributed by atoms with Gasteiger partial charge in [0.1, 0.15) is 0 Å². The number of piperazine rings is 1. The summed E-state index contributed by atoms with van der Waals surface area (Å²) in [7, 11) is 0. The Balaban J connectivity index is 1.29. The second kappa shape index (κ2) is 7.22. The van der Waals surface area contributed by atoms with E-state index in [2.05, 4.69) is 55.6 Å². The van der Waals surface area contributed by atoms with Gasteiger partial charge in [-0.05, 0) is 17.7 Å². The van der Waals surface area contributed by atoms with Gasteiger partial charge in [-0.1, -0.05) is 36.4 Å². The highest BCUT2D eigenvalue weighted by Crippen LogP contribution is 2.25. The molecule has 0 saturated carbocycles. The van der Waals surface area contributed by atoms with Crippen molar-refractivity contribution in [1.82, 2.24) is 20.2 Å². The maximum Gasteiger partial charge on any atom is 0.272 e. The first-order valence-corrected chi connectivity index (χ1v) is 9.74. The fourth-order valence-electron chi connectivity index (χ4n) is 4.12. The molecular formula is C22H23N5O. The number of carbonyl (C=O) groups is 1. The highest BCUT2D eigenvalue weighted by molar-refractivity contribution is 6.19. The van der Waals surface area contributed by atoms with Gasteiger partial charge in [0.2, 0.25) is 0 Å². The van der Waals surface area contributed by atoms with Crippen molar-refractivity contribution >= 4 is 22.5 Å². The van der Waals surface area contributed by atoms with Crippen LogP contribution in [0.1, 0.15) is 21.5 Å². The third kappa shape index (κ3) is 3.21. The monoisotopic (exact) mass is 373 g/mol. The van der Waals surface area contributed by atoms with Gasteiger partial charge in [-0.25, -0.2) is 5.43 Å². The number of carbonyl (C=O) groups excluding carboxylic acids is 1. The summed E-state index contributed by atoms with van der Waals surface area (Å²) in [6.07, 6.45) is 1.97. The minimum absolute atomic E-state index is 0.144. The normalized spacial score (nSPS) is 18.0. The third-order valence-corrected chi connectivity index (χ3v) is 5.64. The fraction of sp³-hybridized carbons (Fsp3) is 0.273. The van der Waals surface area contributed by atoms with Crippen molar-refractivity contribution in [2.24, 2.45) is 5.10 Å². The van der Waals surface area contributed by atoms with E-state index < -0.39 is 0 Å². The second-order valence-electron chi connectivity index (χ2n) is 7.47.